The molecule has 3 heterocycles. The maximum absolute atomic E-state index is 14.4. The summed E-state index contributed by atoms with van der Waals surface area (Å²) in [5.41, 5.74) is 2.36. The minimum Gasteiger partial charge on any atom is -0.368 e. The number of aromatic nitrogens is 2. The number of aromatic amines is 1. The molecule has 3 aromatic rings. The van der Waals surface area contributed by atoms with Crippen molar-refractivity contribution in [2.24, 2.45) is 23.2 Å². The fourth-order valence-electron chi connectivity index (χ4n) is 8.58. The van der Waals surface area contributed by atoms with Crippen LogP contribution in [0.5, 0.6) is 0 Å². The number of hydrogen-bond acceptors (Lipinski definition) is 4. The number of nitrogens with zero attached hydrogens (tertiary/aromatic N) is 4. The van der Waals surface area contributed by atoms with Gasteiger partial charge in [-0.25, -0.2) is 4.98 Å². The van der Waals surface area contributed by atoms with E-state index in [4.69, 9.17) is 0 Å². The average Bonchev–Trinajstić information content (AvgIpc) is 3.40. The standard InChI is InChI=1S/C31H39N5O/c1-22(34-11-13-35(14-12-34)28-6-4-5-27-26(28)8-10-32-27)21-36(29-7-2-3-9-33-29)30(37)31-18-23-15-24(19-31)17-25(16-23)20-31/h2-10,22-25,32H,11-21H2,1H3/t22-,23?,24?,25?,31?/m1/s1. The van der Waals surface area contributed by atoms with Crippen LogP contribution in [0.2, 0.25) is 0 Å². The second-order valence-corrected chi connectivity index (χ2v) is 12.4. The van der Waals surface area contributed by atoms with Gasteiger partial charge in [0.1, 0.15) is 5.82 Å². The highest BCUT2D eigenvalue weighted by Crippen LogP contribution is 2.60. The van der Waals surface area contributed by atoms with Crippen molar-refractivity contribution in [3.63, 3.8) is 0 Å². The van der Waals surface area contributed by atoms with E-state index < -0.39 is 0 Å². The Morgan fingerprint density at radius 2 is 1.73 bits per heavy atom. The number of anilines is 2. The molecule has 1 aliphatic heterocycles. The quantitative estimate of drug-likeness (QED) is 0.501. The van der Waals surface area contributed by atoms with Crippen LogP contribution in [0.15, 0.2) is 54.9 Å². The van der Waals surface area contributed by atoms with Gasteiger partial charge in [0.15, 0.2) is 0 Å². The van der Waals surface area contributed by atoms with Crippen LogP contribution in [0.1, 0.15) is 45.4 Å². The number of carbonyl (C=O) groups is 1. The van der Waals surface area contributed by atoms with E-state index in [1.807, 2.05) is 30.6 Å². The zero-order valence-electron chi connectivity index (χ0n) is 22.0. The Labute approximate surface area is 220 Å². The largest absolute Gasteiger partial charge is 0.368 e. The summed E-state index contributed by atoms with van der Waals surface area (Å²) in [6, 6.07) is 15.0. The van der Waals surface area contributed by atoms with Crippen molar-refractivity contribution in [2.75, 3.05) is 42.5 Å². The van der Waals surface area contributed by atoms with Gasteiger partial charge in [-0.05, 0) is 93.5 Å². The summed E-state index contributed by atoms with van der Waals surface area (Å²) in [5, 5.41) is 1.30. The van der Waals surface area contributed by atoms with E-state index in [0.29, 0.717) is 12.5 Å². The predicted octanol–water partition coefficient (Wildman–Crippen LogP) is 5.32. The predicted molar refractivity (Wildman–Crippen MR) is 149 cm³/mol. The normalized spacial score (nSPS) is 30.1. The minimum atomic E-state index is -0.153. The van der Waals surface area contributed by atoms with Gasteiger partial charge in [0.25, 0.3) is 0 Å². The van der Waals surface area contributed by atoms with Crippen molar-refractivity contribution in [1.29, 1.82) is 0 Å². The first-order valence-electron chi connectivity index (χ1n) is 14.4. The second kappa shape index (κ2) is 9.16. The molecule has 1 aromatic carbocycles. The molecule has 5 fully saturated rings. The summed E-state index contributed by atoms with van der Waals surface area (Å²) in [6.45, 7) is 7.02. The monoisotopic (exact) mass is 497 g/mol. The molecule has 5 aliphatic rings. The first-order chi connectivity index (χ1) is 18.1. The highest BCUT2D eigenvalue weighted by atomic mass is 16.2. The molecule has 0 spiro atoms. The molecule has 1 N–H and O–H groups in total. The van der Waals surface area contributed by atoms with Gasteiger partial charge in [-0.1, -0.05) is 12.1 Å². The van der Waals surface area contributed by atoms with E-state index >= 15 is 0 Å². The summed E-state index contributed by atoms with van der Waals surface area (Å²) in [6.07, 6.45) is 11.2. The summed E-state index contributed by atoms with van der Waals surface area (Å²) < 4.78 is 0. The van der Waals surface area contributed by atoms with Gasteiger partial charge in [-0.2, -0.15) is 0 Å². The summed E-state index contributed by atoms with van der Waals surface area (Å²) in [4.78, 5) is 29.6. The molecule has 1 atom stereocenters. The number of piperazine rings is 1. The minimum absolute atomic E-state index is 0.153. The van der Waals surface area contributed by atoms with Crippen molar-refractivity contribution in [3.05, 3.63) is 54.9 Å². The van der Waals surface area contributed by atoms with Gasteiger partial charge in [0.05, 0.1) is 5.41 Å². The Morgan fingerprint density at radius 3 is 2.41 bits per heavy atom. The molecule has 0 unspecified atom stereocenters. The number of hydrogen-bond donors (Lipinski definition) is 1. The van der Waals surface area contributed by atoms with E-state index in [0.717, 1.165) is 69.0 Å². The maximum atomic E-state index is 14.4. The highest BCUT2D eigenvalue weighted by Gasteiger charge is 2.56. The zero-order chi connectivity index (χ0) is 25.0. The number of amides is 1. The molecule has 4 aliphatic carbocycles. The SMILES string of the molecule is C[C@H](CN(C(=O)C12CC3CC(CC(C3)C1)C2)c1ccccn1)N1CCN(c2cccc3[nH]ccc23)CC1. The Hall–Kier alpha value is -2.86. The molecule has 6 heteroatoms. The van der Waals surface area contributed by atoms with E-state index in [1.54, 1.807) is 0 Å². The van der Waals surface area contributed by atoms with Crippen LogP contribution < -0.4 is 9.80 Å². The molecule has 0 radical (unpaired) electrons. The fraction of sp³-hybridized carbons (Fsp3) is 0.548. The molecule has 8 rings (SSSR count). The maximum Gasteiger partial charge on any atom is 0.234 e. The number of H-pyrrole nitrogens is 1. The summed E-state index contributed by atoms with van der Waals surface area (Å²) in [7, 11) is 0. The topological polar surface area (TPSA) is 55.5 Å². The third kappa shape index (κ3) is 4.14. The molecular weight excluding hydrogens is 458 g/mol. The number of nitrogens with one attached hydrogen (secondary N) is 1. The van der Waals surface area contributed by atoms with Crippen LogP contribution in [0.4, 0.5) is 11.5 Å². The Morgan fingerprint density at radius 1 is 1.00 bits per heavy atom. The second-order valence-electron chi connectivity index (χ2n) is 12.4. The van der Waals surface area contributed by atoms with E-state index in [-0.39, 0.29) is 11.5 Å². The van der Waals surface area contributed by atoms with E-state index in [2.05, 4.69) is 55.9 Å². The third-order valence-electron chi connectivity index (χ3n) is 9.96. The average molecular weight is 498 g/mol. The van der Waals surface area contributed by atoms with Gasteiger partial charge in [-0.15, -0.1) is 0 Å². The molecule has 4 saturated carbocycles. The molecule has 37 heavy (non-hydrogen) atoms. The number of carbonyl (C=O) groups excluding carboxylic acids is 1. The van der Waals surface area contributed by atoms with Crippen LogP contribution in [-0.2, 0) is 4.79 Å². The Balaban J connectivity index is 1.08. The van der Waals surface area contributed by atoms with Crippen molar-refractivity contribution >= 4 is 28.3 Å². The number of fused-ring (bicyclic) bond motifs is 1. The Kier molecular flexibility index (Phi) is 5.76. The Bertz CT molecular complexity index is 1230. The number of pyridine rings is 1. The van der Waals surface area contributed by atoms with Crippen LogP contribution in [0, 0.1) is 23.2 Å². The molecule has 6 nitrogen and oxygen atoms in total. The molecular formula is C31H39N5O. The lowest BCUT2D eigenvalue weighted by Gasteiger charge is -2.56. The molecule has 1 amide bonds. The van der Waals surface area contributed by atoms with Gasteiger partial charge in [-0.3, -0.25) is 14.6 Å². The van der Waals surface area contributed by atoms with Gasteiger partial charge < -0.3 is 9.88 Å². The lowest BCUT2D eigenvalue weighted by molar-refractivity contribution is -0.143. The molecule has 2 aromatic heterocycles. The number of benzene rings is 1. The van der Waals surface area contributed by atoms with Crippen LogP contribution in [0.3, 0.4) is 0 Å². The van der Waals surface area contributed by atoms with Crippen LogP contribution >= 0.6 is 0 Å². The summed E-state index contributed by atoms with van der Waals surface area (Å²) in [5.74, 6) is 3.46. The van der Waals surface area contributed by atoms with Crippen LogP contribution in [0.25, 0.3) is 10.9 Å². The first-order valence-corrected chi connectivity index (χ1v) is 14.4. The van der Waals surface area contributed by atoms with Crippen LogP contribution in [-0.4, -0.2) is 59.5 Å². The van der Waals surface area contributed by atoms with Gasteiger partial charge in [0.2, 0.25) is 5.91 Å². The van der Waals surface area contributed by atoms with E-state index in [9.17, 15) is 4.79 Å². The van der Waals surface area contributed by atoms with Gasteiger partial charge in [0, 0.05) is 67.7 Å². The van der Waals surface area contributed by atoms with Crippen molar-refractivity contribution in [3.8, 4) is 0 Å². The fourth-order valence-corrected chi connectivity index (χ4v) is 8.58. The highest BCUT2D eigenvalue weighted by molar-refractivity contribution is 5.97. The molecule has 4 bridgehead atoms. The smallest absolute Gasteiger partial charge is 0.234 e. The van der Waals surface area contributed by atoms with Gasteiger partial charge >= 0.3 is 0 Å². The lowest BCUT2D eigenvalue weighted by atomic mass is 9.49. The summed E-state index contributed by atoms with van der Waals surface area (Å²) >= 11 is 0. The van der Waals surface area contributed by atoms with Crippen molar-refractivity contribution in [1.82, 2.24) is 14.9 Å². The lowest BCUT2D eigenvalue weighted by Crippen LogP contribution is -2.58. The van der Waals surface area contributed by atoms with Crippen molar-refractivity contribution in [2.45, 2.75) is 51.5 Å². The third-order valence-corrected chi connectivity index (χ3v) is 9.96. The zero-order valence-corrected chi connectivity index (χ0v) is 22.0. The van der Waals surface area contributed by atoms with Crippen molar-refractivity contribution < 1.29 is 4.79 Å². The van der Waals surface area contributed by atoms with E-state index in [1.165, 1.54) is 35.9 Å². The molecule has 1 saturated heterocycles. The number of rotatable bonds is 6. The molecule has 194 valence electrons. The first kappa shape index (κ1) is 23.3.